The minimum Gasteiger partial charge on any atom is -0.391 e. The molecule has 136 valence electrons. The lowest BCUT2D eigenvalue weighted by atomic mass is 9.99. The van der Waals surface area contributed by atoms with E-state index in [4.69, 9.17) is 14.2 Å². The third kappa shape index (κ3) is 3.60. The molecule has 0 aromatic heterocycles. The highest BCUT2D eigenvalue weighted by Gasteiger charge is 2.58. The molecule has 2 aliphatic heterocycles. The van der Waals surface area contributed by atoms with Gasteiger partial charge in [-0.2, -0.15) is 0 Å². The predicted molar refractivity (Wildman–Crippen MR) is 82.1 cm³/mol. The summed E-state index contributed by atoms with van der Waals surface area (Å²) in [4.78, 5) is 0. The third-order valence-corrected chi connectivity index (χ3v) is 5.29. The zero-order valence-corrected chi connectivity index (χ0v) is 15.1. The second-order valence-electron chi connectivity index (χ2n) is 5.50. The number of ether oxygens (including phenoxy) is 3. The predicted octanol–water partition coefficient (Wildman–Crippen LogP) is -2.59. The van der Waals surface area contributed by atoms with E-state index in [0.29, 0.717) is 0 Å². The Morgan fingerprint density at radius 3 is 1.96 bits per heavy atom. The van der Waals surface area contributed by atoms with Gasteiger partial charge in [0.1, 0.15) is 37.1 Å². The highest BCUT2D eigenvalue weighted by Crippen LogP contribution is 2.36. The molecule has 11 heteroatoms. The van der Waals surface area contributed by atoms with Gasteiger partial charge in [-0.15, -0.1) is 0 Å². The van der Waals surface area contributed by atoms with Crippen LogP contribution in [-0.2, 0) is 14.2 Å². The first-order valence-electron chi connectivity index (χ1n) is 6.95. The van der Waals surface area contributed by atoms with Crippen molar-refractivity contribution in [2.24, 2.45) is 0 Å². The van der Waals surface area contributed by atoms with Crippen LogP contribution in [-0.4, -0.2) is 103 Å². The molecule has 9 atom stereocenters. The number of rotatable bonds is 5. The van der Waals surface area contributed by atoms with E-state index < -0.39 is 61.4 Å². The zero-order chi connectivity index (χ0) is 17.4. The van der Waals surface area contributed by atoms with Gasteiger partial charge in [0.25, 0.3) is 0 Å². The molecule has 0 amide bonds. The number of aliphatic hydroxyl groups is 6. The Bertz CT molecular complexity index is 401. The van der Waals surface area contributed by atoms with Crippen molar-refractivity contribution < 1.29 is 44.8 Å². The molecule has 6 N–H and O–H groups in total. The monoisotopic (exact) mass is 466 g/mol. The van der Waals surface area contributed by atoms with Gasteiger partial charge in [0.15, 0.2) is 6.29 Å². The highest BCUT2D eigenvalue weighted by molar-refractivity contribution is 9.09. The summed E-state index contributed by atoms with van der Waals surface area (Å²) < 4.78 is 16.1. The quantitative estimate of drug-likeness (QED) is 0.239. The van der Waals surface area contributed by atoms with Crippen LogP contribution in [0.3, 0.4) is 0 Å². The van der Waals surface area contributed by atoms with Crippen molar-refractivity contribution in [3.63, 3.8) is 0 Å². The van der Waals surface area contributed by atoms with Crippen LogP contribution < -0.4 is 0 Å². The SMILES string of the molecule is OC[C@@]1(O[C@H]2O[C@H](CBr)[C@@H](O)[C@H](O)[C@H]2O)O[C@H](CBr)[C@@H](O)[C@@H]1O. The van der Waals surface area contributed by atoms with Crippen molar-refractivity contribution in [2.75, 3.05) is 17.3 Å². The molecule has 0 spiro atoms. The summed E-state index contributed by atoms with van der Waals surface area (Å²) in [6.45, 7) is -0.821. The lowest BCUT2D eigenvalue weighted by molar-refractivity contribution is -0.378. The molecule has 23 heavy (non-hydrogen) atoms. The van der Waals surface area contributed by atoms with Gasteiger partial charge in [0.05, 0.1) is 12.2 Å². The number of hydrogen-bond acceptors (Lipinski definition) is 9. The van der Waals surface area contributed by atoms with Crippen LogP contribution in [0.5, 0.6) is 0 Å². The van der Waals surface area contributed by atoms with Gasteiger partial charge in [-0.1, -0.05) is 31.9 Å². The average Bonchev–Trinajstić information content (AvgIpc) is 2.80. The van der Waals surface area contributed by atoms with E-state index in [1.807, 2.05) is 0 Å². The lowest BCUT2D eigenvalue weighted by Gasteiger charge is -2.43. The van der Waals surface area contributed by atoms with Crippen molar-refractivity contribution in [1.82, 2.24) is 0 Å². The van der Waals surface area contributed by atoms with Crippen LogP contribution >= 0.6 is 31.9 Å². The minimum atomic E-state index is -2.03. The fraction of sp³-hybridized carbons (Fsp3) is 1.00. The van der Waals surface area contributed by atoms with Crippen molar-refractivity contribution in [3.8, 4) is 0 Å². The van der Waals surface area contributed by atoms with Crippen LogP contribution in [0.25, 0.3) is 0 Å². The fourth-order valence-corrected chi connectivity index (χ4v) is 3.64. The van der Waals surface area contributed by atoms with Gasteiger partial charge in [-0.05, 0) is 0 Å². The van der Waals surface area contributed by atoms with Crippen LogP contribution in [0.4, 0.5) is 0 Å². The Labute approximate surface area is 149 Å². The summed E-state index contributed by atoms with van der Waals surface area (Å²) in [5.41, 5.74) is 0. The molecule has 0 aromatic rings. The second kappa shape index (κ2) is 7.87. The molecule has 0 radical (unpaired) electrons. The summed E-state index contributed by atoms with van der Waals surface area (Å²) in [5, 5.41) is 59.6. The first-order valence-corrected chi connectivity index (χ1v) is 9.19. The number of hydrogen-bond donors (Lipinski definition) is 6. The van der Waals surface area contributed by atoms with E-state index in [1.165, 1.54) is 0 Å². The molecule has 2 heterocycles. The summed E-state index contributed by atoms with van der Waals surface area (Å²) >= 11 is 6.21. The van der Waals surface area contributed by atoms with E-state index in [1.54, 1.807) is 0 Å². The van der Waals surface area contributed by atoms with E-state index in [2.05, 4.69) is 31.9 Å². The highest BCUT2D eigenvalue weighted by atomic mass is 79.9. The number of halogens is 2. The summed E-state index contributed by atoms with van der Waals surface area (Å²) in [6.07, 6.45) is -10.7. The Kier molecular flexibility index (Phi) is 6.82. The van der Waals surface area contributed by atoms with Crippen LogP contribution in [0.1, 0.15) is 0 Å². The molecule has 2 rings (SSSR count). The van der Waals surface area contributed by atoms with Crippen molar-refractivity contribution >= 4 is 31.9 Å². The molecule has 0 aliphatic carbocycles. The Morgan fingerprint density at radius 1 is 0.870 bits per heavy atom. The van der Waals surface area contributed by atoms with E-state index in [0.717, 1.165) is 0 Å². The van der Waals surface area contributed by atoms with Crippen molar-refractivity contribution in [2.45, 2.75) is 54.8 Å². The standard InChI is InChI=1S/C12H20Br2O9/c13-1-4-6(16)8(18)9(19)11(21-4)23-12(3-15)10(20)7(17)5(2-14)22-12/h4-11,15-20H,1-3H2/t4-,5-,6-,7-,8+,9-,10+,11-,12+/m1/s1. The molecule has 0 bridgehead atoms. The van der Waals surface area contributed by atoms with Crippen molar-refractivity contribution in [3.05, 3.63) is 0 Å². The minimum absolute atomic E-state index is 0.153. The van der Waals surface area contributed by atoms with Gasteiger partial charge in [0.2, 0.25) is 5.79 Å². The van der Waals surface area contributed by atoms with E-state index in [-0.39, 0.29) is 10.7 Å². The summed E-state index contributed by atoms with van der Waals surface area (Å²) in [6, 6.07) is 0. The smallest absolute Gasteiger partial charge is 0.223 e. The van der Waals surface area contributed by atoms with Crippen LogP contribution in [0, 0.1) is 0 Å². The fourth-order valence-electron chi connectivity index (χ4n) is 2.59. The molecular formula is C12H20Br2O9. The number of alkyl halides is 2. The lowest BCUT2D eigenvalue weighted by Crippen LogP contribution is -2.62. The van der Waals surface area contributed by atoms with E-state index >= 15 is 0 Å². The maximum atomic E-state index is 10.1. The largest absolute Gasteiger partial charge is 0.391 e. The Morgan fingerprint density at radius 2 is 1.48 bits per heavy atom. The molecule has 9 nitrogen and oxygen atoms in total. The van der Waals surface area contributed by atoms with Gasteiger partial charge < -0.3 is 44.8 Å². The third-order valence-electron chi connectivity index (χ3n) is 4.01. The summed E-state index contributed by atoms with van der Waals surface area (Å²) in [5.74, 6) is -2.03. The second-order valence-corrected chi connectivity index (χ2v) is 6.80. The van der Waals surface area contributed by atoms with Crippen LogP contribution in [0.15, 0.2) is 0 Å². The Hall–Kier alpha value is 0.600. The molecule has 2 aliphatic rings. The maximum Gasteiger partial charge on any atom is 0.223 e. The topological polar surface area (TPSA) is 149 Å². The Balaban J connectivity index is 2.18. The molecular weight excluding hydrogens is 448 g/mol. The molecule has 0 unspecified atom stereocenters. The summed E-state index contributed by atoms with van der Waals surface area (Å²) in [7, 11) is 0. The maximum absolute atomic E-state index is 10.1. The molecule has 0 aromatic carbocycles. The van der Waals surface area contributed by atoms with Gasteiger partial charge >= 0.3 is 0 Å². The average molecular weight is 468 g/mol. The van der Waals surface area contributed by atoms with Gasteiger partial charge in [-0.3, -0.25) is 0 Å². The number of aliphatic hydroxyl groups excluding tert-OH is 6. The van der Waals surface area contributed by atoms with Gasteiger partial charge in [0, 0.05) is 10.7 Å². The zero-order valence-electron chi connectivity index (χ0n) is 11.9. The first kappa shape index (κ1) is 19.9. The first-order chi connectivity index (χ1) is 10.8. The normalized spacial score (nSPS) is 51.1. The molecule has 2 saturated heterocycles. The molecule has 2 fully saturated rings. The van der Waals surface area contributed by atoms with Gasteiger partial charge in [-0.25, -0.2) is 0 Å². The van der Waals surface area contributed by atoms with E-state index in [9.17, 15) is 30.6 Å². The van der Waals surface area contributed by atoms with Crippen molar-refractivity contribution in [1.29, 1.82) is 0 Å². The molecule has 0 saturated carbocycles. The van der Waals surface area contributed by atoms with Crippen LogP contribution in [0.2, 0.25) is 0 Å².